The van der Waals surface area contributed by atoms with Crippen molar-refractivity contribution >= 4 is 17.7 Å². The second-order valence-corrected chi connectivity index (χ2v) is 7.44. The quantitative estimate of drug-likeness (QED) is 0.597. The predicted octanol–water partition coefficient (Wildman–Crippen LogP) is 2.67. The maximum Gasteiger partial charge on any atom is 0.248 e. The van der Waals surface area contributed by atoms with Crippen LogP contribution in [0.25, 0.3) is 17.2 Å². The zero-order chi connectivity index (χ0) is 21.6. The fourth-order valence-electron chi connectivity index (χ4n) is 3.46. The maximum atomic E-state index is 12.4. The van der Waals surface area contributed by atoms with Crippen LogP contribution >= 0.6 is 0 Å². The van der Waals surface area contributed by atoms with Gasteiger partial charge in [-0.1, -0.05) is 12.1 Å². The highest BCUT2D eigenvalue weighted by molar-refractivity contribution is 6.02. The zero-order valence-electron chi connectivity index (χ0n) is 17.4. The summed E-state index contributed by atoms with van der Waals surface area (Å²) in [4.78, 5) is 18.7. The highest BCUT2D eigenvalue weighted by Gasteiger charge is 2.11. The van der Waals surface area contributed by atoms with Crippen molar-refractivity contribution in [3.8, 4) is 17.0 Å². The minimum absolute atomic E-state index is 0.0855. The minimum atomic E-state index is -0.244. The fourth-order valence-corrected chi connectivity index (χ4v) is 3.46. The third kappa shape index (κ3) is 5.56. The molecule has 1 saturated heterocycles. The van der Waals surface area contributed by atoms with Gasteiger partial charge in [-0.15, -0.1) is 0 Å². The number of carbonyl (C=O) groups is 1. The number of hydrogen-bond acceptors (Lipinski definition) is 6. The Morgan fingerprint density at radius 2 is 2.00 bits per heavy atom. The molecule has 1 aliphatic heterocycles. The number of nitrogens with zero attached hydrogens (tertiary/aromatic N) is 4. The summed E-state index contributed by atoms with van der Waals surface area (Å²) in [6.45, 7) is 4.31. The lowest BCUT2D eigenvalue weighted by Gasteiger charge is -2.26. The number of nitrogens with one attached hydrogen (secondary N) is 1. The lowest BCUT2D eigenvalue weighted by molar-refractivity contribution is -0.111. The van der Waals surface area contributed by atoms with E-state index in [4.69, 9.17) is 4.74 Å². The van der Waals surface area contributed by atoms with Crippen LogP contribution in [0, 0.1) is 0 Å². The molecule has 3 aromatic rings. The molecule has 3 heterocycles. The number of carbonyl (C=O) groups excluding carboxylic acids is 1. The van der Waals surface area contributed by atoms with Gasteiger partial charge >= 0.3 is 0 Å². The molecule has 31 heavy (non-hydrogen) atoms. The number of aromatic hydroxyl groups is 1. The Hall–Kier alpha value is -3.49. The maximum absolute atomic E-state index is 12.4. The predicted molar refractivity (Wildman–Crippen MR) is 118 cm³/mol. The zero-order valence-corrected chi connectivity index (χ0v) is 17.4. The van der Waals surface area contributed by atoms with Crippen LogP contribution in [0.1, 0.15) is 11.1 Å². The van der Waals surface area contributed by atoms with Crippen LogP contribution in [0.15, 0.2) is 55.0 Å². The van der Waals surface area contributed by atoms with Crippen molar-refractivity contribution in [1.29, 1.82) is 0 Å². The molecule has 160 valence electrons. The lowest BCUT2D eigenvalue weighted by atomic mass is 10.0. The van der Waals surface area contributed by atoms with Crippen LogP contribution in [0.4, 0.5) is 5.69 Å². The van der Waals surface area contributed by atoms with Gasteiger partial charge in [0.1, 0.15) is 0 Å². The number of ether oxygens (including phenoxy) is 1. The van der Waals surface area contributed by atoms with Gasteiger partial charge in [-0.25, -0.2) is 4.98 Å². The van der Waals surface area contributed by atoms with Crippen molar-refractivity contribution in [2.24, 2.45) is 7.05 Å². The van der Waals surface area contributed by atoms with E-state index < -0.39 is 0 Å². The summed E-state index contributed by atoms with van der Waals surface area (Å²) in [5.74, 6) is -0.330. The number of hydrogen-bond donors (Lipinski definition) is 2. The van der Waals surface area contributed by atoms with E-state index in [9.17, 15) is 9.90 Å². The van der Waals surface area contributed by atoms with Gasteiger partial charge in [-0.3, -0.25) is 14.4 Å². The Morgan fingerprint density at radius 1 is 1.23 bits per heavy atom. The summed E-state index contributed by atoms with van der Waals surface area (Å²) in [6, 6.07) is 9.43. The van der Waals surface area contributed by atoms with Gasteiger partial charge in [0.05, 0.1) is 19.4 Å². The Morgan fingerprint density at radius 3 is 2.71 bits per heavy atom. The number of aryl methyl sites for hydroxylation is 1. The van der Waals surface area contributed by atoms with Crippen LogP contribution in [0.2, 0.25) is 0 Å². The average Bonchev–Trinajstić information content (AvgIpc) is 3.21. The highest BCUT2D eigenvalue weighted by Crippen LogP contribution is 2.26. The van der Waals surface area contributed by atoms with Gasteiger partial charge in [-0.05, 0) is 29.3 Å². The normalized spacial score (nSPS) is 14.7. The van der Waals surface area contributed by atoms with Crippen molar-refractivity contribution < 1.29 is 14.6 Å². The van der Waals surface area contributed by atoms with Crippen LogP contribution < -0.4 is 5.32 Å². The fraction of sp³-hybridized carbons (Fsp3) is 0.261. The second-order valence-electron chi connectivity index (χ2n) is 7.44. The summed E-state index contributed by atoms with van der Waals surface area (Å²) < 4.78 is 7.05. The summed E-state index contributed by atoms with van der Waals surface area (Å²) in [5, 5.41) is 16.8. The molecule has 1 fully saturated rings. The number of rotatable bonds is 6. The molecule has 0 spiro atoms. The Bertz CT molecular complexity index is 1070. The SMILES string of the molecule is Cn1cc(-c2cc(O)ncc2C=CC(=O)Nc2ccc(CN3CCOCC3)cc2)cn1. The molecule has 8 heteroatoms. The highest BCUT2D eigenvalue weighted by atomic mass is 16.5. The van der Waals surface area contributed by atoms with E-state index in [2.05, 4.69) is 20.3 Å². The Kier molecular flexibility index (Phi) is 6.40. The molecule has 2 N–H and O–H groups in total. The third-order valence-electron chi connectivity index (χ3n) is 5.08. The molecule has 0 saturated carbocycles. The van der Waals surface area contributed by atoms with Gasteiger partial charge in [0.15, 0.2) is 0 Å². The van der Waals surface area contributed by atoms with Gasteiger partial charge in [0.2, 0.25) is 11.8 Å². The first-order valence-corrected chi connectivity index (χ1v) is 10.1. The number of benzene rings is 1. The van der Waals surface area contributed by atoms with Gasteiger partial charge in [-0.2, -0.15) is 5.10 Å². The molecule has 4 rings (SSSR count). The second kappa shape index (κ2) is 9.55. The van der Waals surface area contributed by atoms with E-state index in [0.29, 0.717) is 5.56 Å². The van der Waals surface area contributed by atoms with E-state index in [1.54, 1.807) is 23.0 Å². The standard InChI is InChI=1S/C23H25N5O3/c1-27-16-19(14-25-27)21-12-23(30)24-13-18(21)4-7-22(29)26-20-5-2-17(3-6-20)15-28-8-10-31-11-9-28/h2-7,12-14,16H,8-11,15H2,1H3,(H,24,30)(H,26,29). The molecule has 1 amide bonds. The molecule has 8 nitrogen and oxygen atoms in total. The van der Waals surface area contributed by atoms with E-state index in [0.717, 1.165) is 49.7 Å². The molecule has 0 aliphatic carbocycles. The lowest BCUT2D eigenvalue weighted by Crippen LogP contribution is -2.35. The molecule has 2 aromatic heterocycles. The summed E-state index contributed by atoms with van der Waals surface area (Å²) >= 11 is 0. The van der Waals surface area contributed by atoms with E-state index in [-0.39, 0.29) is 11.8 Å². The van der Waals surface area contributed by atoms with Gasteiger partial charge in [0, 0.05) is 68.0 Å². The van der Waals surface area contributed by atoms with Crippen molar-refractivity contribution in [1.82, 2.24) is 19.7 Å². The molecule has 0 bridgehead atoms. The number of amides is 1. The topological polar surface area (TPSA) is 92.5 Å². The minimum Gasteiger partial charge on any atom is -0.493 e. The molecule has 0 radical (unpaired) electrons. The van der Waals surface area contributed by atoms with Crippen LogP contribution in [-0.2, 0) is 23.1 Å². The first-order valence-electron chi connectivity index (χ1n) is 10.1. The van der Waals surface area contributed by atoms with Crippen molar-refractivity contribution in [3.63, 3.8) is 0 Å². The van der Waals surface area contributed by atoms with E-state index in [1.807, 2.05) is 37.5 Å². The third-order valence-corrected chi connectivity index (χ3v) is 5.08. The number of anilines is 1. The average molecular weight is 419 g/mol. The van der Waals surface area contributed by atoms with Crippen LogP contribution in [-0.4, -0.2) is 57.0 Å². The number of pyridine rings is 1. The molecular weight excluding hydrogens is 394 g/mol. The molecular formula is C23H25N5O3. The Balaban J connectivity index is 1.40. The summed E-state index contributed by atoms with van der Waals surface area (Å²) in [7, 11) is 1.82. The summed E-state index contributed by atoms with van der Waals surface area (Å²) in [6.07, 6.45) is 8.20. The number of morpholine rings is 1. The van der Waals surface area contributed by atoms with Crippen molar-refractivity contribution in [2.75, 3.05) is 31.6 Å². The van der Waals surface area contributed by atoms with Gasteiger partial charge in [0.25, 0.3) is 0 Å². The summed E-state index contributed by atoms with van der Waals surface area (Å²) in [5.41, 5.74) is 4.22. The van der Waals surface area contributed by atoms with Crippen molar-refractivity contribution in [2.45, 2.75) is 6.54 Å². The largest absolute Gasteiger partial charge is 0.493 e. The van der Waals surface area contributed by atoms with E-state index >= 15 is 0 Å². The molecule has 0 unspecified atom stereocenters. The first kappa shape index (κ1) is 20.8. The van der Waals surface area contributed by atoms with Crippen LogP contribution in [0.3, 0.4) is 0 Å². The number of aromatic nitrogens is 3. The first-order chi connectivity index (χ1) is 15.1. The van der Waals surface area contributed by atoms with Crippen molar-refractivity contribution in [3.05, 3.63) is 66.1 Å². The molecule has 1 aliphatic rings. The van der Waals surface area contributed by atoms with Crippen LogP contribution in [0.5, 0.6) is 5.88 Å². The Labute approximate surface area is 180 Å². The van der Waals surface area contributed by atoms with Gasteiger partial charge < -0.3 is 15.2 Å². The molecule has 1 aromatic carbocycles. The van der Waals surface area contributed by atoms with E-state index in [1.165, 1.54) is 17.8 Å². The monoisotopic (exact) mass is 419 g/mol. The smallest absolute Gasteiger partial charge is 0.248 e. The molecule has 0 atom stereocenters.